The predicted molar refractivity (Wildman–Crippen MR) is 105 cm³/mol. The fourth-order valence-electron chi connectivity index (χ4n) is 4.04. The molecule has 0 aliphatic carbocycles. The number of nitrogens with zero attached hydrogens (tertiary/aromatic N) is 1. The van der Waals surface area contributed by atoms with Gasteiger partial charge in [0, 0.05) is 17.7 Å². The van der Waals surface area contributed by atoms with Crippen LogP contribution in [0.3, 0.4) is 0 Å². The number of anilines is 2. The van der Waals surface area contributed by atoms with Crippen LogP contribution in [0.25, 0.3) is 0 Å². The van der Waals surface area contributed by atoms with Gasteiger partial charge in [-0.1, -0.05) is 30.3 Å². The molecule has 5 nitrogen and oxygen atoms in total. The van der Waals surface area contributed by atoms with Gasteiger partial charge in [0.2, 0.25) is 0 Å². The number of fused-ring (bicyclic) bond motifs is 2. The van der Waals surface area contributed by atoms with Gasteiger partial charge >= 0.3 is 5.97 Å². The molecule has 0 saturated heterocycles. The topological polar surface area (TPSA) is 66.8 Å². The molecule has 5 heteroatoms. The van der Waals surface area contributed by atoms with E-state index in [1.807, 2.05) is 18.2 Å². The number of ketones is 1. The standard InChI is InChI=1S/C23H17NO4/c25-22(16-7-1-2-8-17(16)23(26)27)15-10-11-18-20(13-15)28-19-9-3-5-14-6-4-12-24(18)21(14)19/h1-3,5,7-11,13H,4,6,12H2,(H,26,27). The summed E-state index contributed by atoms with van der Waals surface area (Å²) in [6.07, 6.45) is 2.09. The summed E-state index contributed by atoms with van der Waals surface area (Å²) in [5.41, 5.74) is 3.89. The number of carbonyl (C=O) groups is 2. The summed E-state index contributed by atoms with van der Waals surface area (Å²) in [5.74, 6) is -0.0408. The van der Waals surface area contributed by atoms with E-state index >= 15 is 0 Å². The van der Waals surface area contributed by atoms with Gasteiger partial charge in [-0.25, -0.2) is 4.79 Å². The quantitative estimate of drug-likeness (QED) is 0.670. The van der Waals surface area contributed by atoms with Gasteiger partial charge in [0.15, 0.2) is 17.3 Å². The first kappa shape index (κ1) is 16.6. The molecule has 0 radical (unpaired) electrons. The van der Waals surface area contributed by atoms with Crippen LogP contribution in [0.5, 0.6) is 11.5 Å². The molecule has 0 unspecified atom stereocenters. The second kappa shape index (κ2) is 6.23. The first-order valence-electron chi connectivity index (χ1n) is 9.22. The zero-order valence-electron chi connectivity index (χ0n) is 15.0. The van der Waals surface area contributed by atoms with Crippen molar-refractivity contribution in [2.45, 2.75) is 12.8 Å². The van der Waals surface area contributed by atoms with Crippen LogP contribution in [-0.4, -0.2) is 23.4 Å². The van der Waals surface area contributed by atoms with Crippen molar-refractivity contribution in [2.24, 2.45) is 0 Å². The molecule has 0 amide bonds. The van der Waals surface area contributed by atoms with Gasteiger partial charge < -0.3 is 14.7 Å². The highest BCUT2D eigenvalue weighted by atomic mass is 16.5. The number of carbonyl (C=O) groups excluding carboxylic acids is 1. The van der Waals surface area contributed by atoms with Crippen LogP contribution in [0.1, 0.15) is 38.3 Å². The Morgan fingerprint density at radius 1 is 0.929 bits per heavy atom. The molecule has 0 bridgehead atoms. The second-order valence-electron chi connectivity index (χ2n) is 6.98. The van der Waals surface area contributed by atoms with E-state index in [9.17, 15) is 14.7 Å². The lowest BCUT2D eigenvalue weighted by Crippen LogP contribution is -2.27. The highest BCUT2D eigenvalue weighted by molar-refractivity contribution is 6.14. The number of para-hydroxylation sites is 1. The third-order valence-corrected chi connectivity index (χ3v) is 5.32. The van der Waals surface area contributed by atoms with E-state index in [2.05, 4.69) is 11.0 Å². The molecule has 0 spiro atoms. The number of carboxylic acids is 1. The molecule has 1 N–H and O–H groups in total. The maximum Gasteiger partial charge on any atom is 0.336 e. The lowest BCUT2D eigenvalue weighted by molar-refractivity contribution is 0.0693. The van der Waals surface area contributed by atoms with Crippen LogP contribution in [0.2, 0.25) is 0 Å². The average Bonchev–Trinajstić information content (AvgIpc) is 2.73. The van der Waals surface area contributed by atoms with Crippen LogP contribution in [0.15, 0.2) is 60.7 Å². The van der Waals surface area contributed by atoms with Crippen LogP contribution < -0.4 is 9.64 Å². The first-order chi connectivity index (χ1) is 13.6. The molecular formula is C23H17NO4. The Morgan fingerprint density at radius 2 is 1.75 bits per heavy atom. The van der Waals surface area contributed by atoms with Gasteiger partial charge in [0.1, 0.15) is 0 Å². The Bertz CT molecular complexity index is 1140. The number of hydrogen-bond donors (Lipinski definition) is 1. The maximum absolute atomic E-state index is 13.0. The van der Waals surface area contributed by atoms with E-state index in [-0.39, 0.29) is 16.9 Å². The summed E-state index contributed by atoms with van der Waals surface area (Å²) in [6.45, 7) is 0.898. The minimum atomic E-state index is -1.12. The Labute approximate surface area is 161 Å². The number of hydrogen-bond acceptors (Lipinski definition) is 4. The molecule has 5 rings (SSSR count). The van der Waals surface area contributed by atoms with E-state index in [1.165, 1.54) is 17.7 Å². The van der Waals surface area contributed by atoms with Gasteiger partial charge in [-0.15, -0.1) is 0 Å². The van der Waals surface area contributed by atoms with Crippen LogP contribution >= 0.6 is 0 Å². The zero-order chi connectivity index (χ0) is 19.3. The van der Waals surface area contributed by atoms with Crippen LogP contribution in [-0.2, 0) is 6.42 Å². The third kappa shape index (κ3) is 2.47. The Morgan fingerprint density at radius 3 is 2.57 bits per heavy atom. The number of carboxylic acid groups (broad SMARTS) is 1. The second-order valence-corrected chi connectivity index (χ2v) is 6.98. The molecule has 0 saturated carbocycles. The molecule has 3 aromatic rings. The molecule has 138 valence electrons. The van der Waals surface area contributed by atoms with Gasteiger partial charge in [-0.3, -0.25) is 4.79 Å². The van der Waals surface area contributed by atoms with Gasteiger partial charge in [-0.2, -0.15) is 0 Å². The maximum atomic E-state index is 13.0. The summed E-state index contributed by atoms with van der Waals surface area (Å²) >= 11 is 0. The minimum Gasteiger partial charge on any atom is -0.478 e. The molecule has 28 heavy (non-hydrogen) atoms. The fourth-order valence-corrected chi connectivity index (χ4v) is 4.04. The van der Waals surface area contributed by atoms with Crippen molar-refractivity contribution in [3.8, 4) is 11.5 Å². The summed E-state index contributed by atoms with van der Waals surface area (Å²) in [6, 6.07) is 17.6. The van der Waals surface area contributed by atoms with Crippen molar-refractivity contribution in [1.29, 1.82) is 0 Å². The van der Waals surface area contributed by atoms with Gasteiger partial charge in [0.05, 0.1) is 16.9 Å². The highest BCUT2D eigenvalue weighted by Gasteiger charge is 2.30. The molecule has 2 aliphatic heterocycles. The molecule has 2 aliphatic rings. The predicted octanol–water partition coefficient (Wildman–Crippen LogP) is 4.81. The van der Waals surface area contributed by atoms with E-state index in [4.69, 9.17) is 4.74 Å². The van der Waals surface area contributed by atoms with Crippen molar-refractivity contribution >= 4 is 23.1 Å². The van der Waals surface area contributed by atoms with Crippen molar-refractivity contribution in [1.82, 2.24) is 0 Å². The largest absolute Gasteiger partial charge is 0.478 e. The van der Waals surface area contributed by atoms with Crippen molar-refractivity contribution in [3.63, 3.8) is 0 Å². The average molecular weight is 371 g/mol. The molecule has 0 atom stereocenters. The van der Waals surface area contributed by atoms with E-state index < -0.39 is 5.97 Å². The lowest BCUT2D eigenvalue weighted by Gasteiger charge is -2.37. The van der Waals surface area contributed by atoms with Crippen LogP contribution in [0, 0.1) is 0 Å². The Hall–Kier alpha value is -3.60. The van der Waals surface area contributed by atoms with Crippen molar-refractivity contribution in [3.05, 3.63) is 82.9 Å². The third-order valence-electron chi connectivity index (χ3n) is 5.32. The molecule has 2 heterocycles. The SMILES string of the molecule is O=C(O)c1ccccc1C(=O)c1ccc2c(c1)Oc1cccc3c1N2CCC3. The summed E-state index contributed by atoms with van der Waals surface area (Å²) in [7, 11) is 0. The van der Waals surface area contributed by atoms with E-state index in [0.717, 1.165) is 36.5 Å². The number of rotatable bonds is 3. The Balaban J connectivity index is 1.58. The monoisotopic (exact) mass is 371 g/mol. The van der Waals surface area contributed by atoms with E-state index in [0.29, 0.717) is 11.3 Å². The van der Waals surface area contributed by atoms with Crippen molar-refractivity contribution < 1.29 is 19.4 Å². The molecule has 3 aromatic carbocycles. The smallest absolute Gasteiger partial charge is 0.336 e. The van der Waals surface area contributed by atoms with E-state index in [1.54, 1.807) is 24.3 Å². The molecule has 0 aromatic heterocycles. The highest BCUT2D eigenvalue weighted by Crippen LogP contribution is 2.50. The number of aromatic carboxylic acids is 1. The summed E-state index contributed by atoms with van der Waals surface area (Å²) in [4.78, 5) is 26.7. The Kier molecular flexibility index (Phi) is 3.69. The molecule has 0 fully saturated rings. The number of aryl methyl sites for hydroxylation is 1. The van der Waals surface area contributed by atoms with Gasteiger partial charge in [0.25, 0.3) is 0 Å². The first-order valence-corrected chi connectivity index (χ1v) is 9.22. The number of benzene rings is 3. The zero-order valence-corrected chi connectivity index (χ0v) is 15.0. The lowest BCUT2D eigenvalue weighted by atomic mass is 9.96. The fraction of sp³-hybridized carbons (Fsp3) is 0.130. The minimum absolute atomic E-state index is 0.00263. The summed E-state index contributed by atoms with van der Waals surface area (Å²) in [5, 5.41) is 9.38. The van der Waals surface area contributed by atoms with Gasteiger partial charge in [-0.05, 0) is 48.7 Å². The molecular weight excluding hydrogens is 354 g/mol. The van der Waals surface area contributed by atoms with Crippen molar-refractivity contribution in [2.75, 3.05) is 11.4 Å². The summed E-state index contributed by atoms with van der Waals surface area (Å²) < 4.78 is 6.12. The number of ether oxygens (including phenoxy) is 1. The normalized spacial score (nSPS) is 13.9. The van der Waals surface area contributed by atoms with Crippen LogP contribution in [0.4, 0.5) is 11.4 Å².